The number of hydrogen-bond acceptors (Lipinski definition) is 2. The van der Waals surface area contributed by atoms with Gasteiger partial charge in [-0.25, -0.2) is 0 Å². The lowest BCUT2D eigenvalue weighted by atomic mass is 9.80. The van der Waals surface area contributed by atoms with E-state index in [4.69, 9.17) is 4.74 Å². The topological polar surface area (TPSA) is 21.3 Å². The van der Waals surface area contributed by atoms with Crippen molar-refractivity contribution >= 4 is 6.08 Å². The van der Waals surface area contributed by atoms with Gasteiger partial charge in [-0.15, -0.1) is 0 Å². The molecule has 0 unspecified atom stereocenters. The van der Waals surface area contributed by atoms with Crippen LogP contribution in [0.1, 0.15) is 43.4 Å². The Labute approximate surface area is 109 Å². The lowest BCUT2D eigenvalue weighted by molar-refractivity contribution is -0.0518. The highest BCUT2D eigenvalue weighted by Crippen LogP contribution is 2.42. The van der Waals surface area contributed by atoms with Crippen molar-refractivity contribution < 1.29 is 4.74 Å². The summed E-state index contributed by atoms with van der Waals surface area (Å²) in [7, 11) is 0. The van der Waals surface area contributed by atoms with Crippen LogP contribution in [0.15, 0.2) is 23.8 Å². The molecule has 0 spiro atoms. The van der Waals surface area contributed by atoms with Crippen molar-refractivity contribution in [1.82, 2.24) is 5.32 Å². The van der Waals surface area contributed by atoms with E-state index in [1.165, 1.54) is 22.3 Å². The minimum Gasteiger partial charge on any atom is -0.369 e. The Bertz CT molecular complexity index is 502. The summed E-state index contributed by atoms with van der Waals surface area (Å²) in [5.41, 5.74) is 5.49. The lowest BCUT2D eigenvalue weighted by Crippen LogP contribution is -2.39. The Morgan fingerprint density at radius 2 is 2.28 bits per heavy atom. The van der Waals surface area contributed by atoms with E-state index in [0.717, 1.165) is 19.7 Å². The maximum absolute atomic E-state index is 6.15. The quantitative estimate of drug-likeness (QED) is 0.818. The summed E-state index contributed by atoms with van der Waals surface area (Å²) < 4.78 is 6.15. The molecule has 0 radical (unpaired) electrons. The van der Waals surface area contributed by atoms with E-state index in [-0.39, 0.29) is 5.60 Å². The maximum Gasteiger partial charge on any atom is 0.0863 e. The fourth-order valence-electron chi connectivity index (χ4n) is 3.19. The van der Waals surface area contributed by atoms with Crippen molar-refractivity contribution in [1.29, 1.82) is 0 Å². The monoisotopic (exact) mass is 243 g/mol. The van der Waals surface area contributed by atoms with Crippen LogP contribution in [-0.2, 0) is 11.3 Å². The summed E-state index contributed by atoms with van der Waals surface area (Å²) in [4.78, 5) is 0. The van der Waals surface area contributed by atoms with Gasteiger partial charge in [0.25, 0.3) is 0 Å². The van der Waals surface area contributed by atoms with Crippen LogP contribution in [0, 0.1) is 0 Å². The molecule has 1 saturated heterocycles. The second kappa shape index (κ2) is 4.22. The number of rotatable bonds is 1. The summed E-state index contributed by atoms with van der Waals surface area (Å²) in [5.74, 6) is 0.492. The summed E-state index contributed by atoms with van der Waals surface area (Å²) in [5, 5.41) is 3.47. The van der Waals surface area contributed by atoms with Gasteiger partial charge in [-0.3, -0.25) is 0 Å². The Hall–Kier alpha value is -1.12. The van der Waals surface area contributed by atoms with Crippen LogP contribution in [0.4, 0.5) is 0 Å². The average molecular weight is 243 g/mol. The van der Waals surface area contributed by atoms with Crippen LogP contribution in [0.25, 0.3) is 6.08 Å². The number of nitrogens with one attached hydrogen (secondary N) is 1. The molecule has 2 aliphatic heterocycles. The third-order valence-electron chi connectivity index (χ3n) is 4.18. The molecule has 1 aromatic carbocycles. The first kappa shape index (κ1) is 11.9. The minimum atomic E-state index is -0.0173. The van der Waals surface area contributed by atoms with Crippen LogP contribution in [0.3, 0.4) is 0 Å². The van der Waals surface area contributed by atoms with Crippen LogP contribution < -0.4 is 5.32 Å². The number of allylic oxidation sites excluding steroid dienone is 1. The standard InChI is InChI=1S/C16H21NO/c1-11(2)7-12-5-4-6-13-14(12)9-18-16(3)10-17-8-15(13)16/h4-7,15,17H,8-10H2,1-3H3/t15-,16-/m1/s1. The molecule has 1 aromatic rings. The van der Waals surface area contributed by atoms with Crippen LogP contribution in [0.5, 0.6) is 0 Å². The molecule has 2 heterocycles. The lowest BCUT2D eigenvalue weighted by Gasteiger charge is -2.37. The Morgan fingerprint density at radius 1 is 1.44 bits per heavy atom. The Morgan fingerprint density at radius 3 is 3.06 bits per heavy atom. The zero-order valence-corrected chi connectivity index (χ0v) is 11.4. The molecule has 0 aliphatic carbocycles. The van der Waals surface area contributed by atoms with Gasteiger partial charge in [0.1, 0.15) is 0 Å². The van der Waals surface area contributed by atoms with E-state index in [2.05, 4.69) is 50.4 Å². The number of benzene rings is 1. The third-order valence-corrected chi connectivity index (χ3v) is 4.18. The molecule has 0 saturated carbocycles. The molecule has 2 nitrogen and oxygen atoms in total. The van der Waals surface area contributed by atoms with Gasteiger partial charge in [0.15, 0.2) is 0 Å². The smallest absolute Gasteiger partial charge is 0.0863 e. The molecular formula is C16H21NO. The van der Waals surface area contributed by atoms with E-state index < -0.39 is 0 Å². The summed E-state index contributed by atoms with van der Waals surface area (Å²) >= 11 is 0. The zero-order valence-electron chi connectivity index (χ0n) is 11.4. The largest absolute Gasteiger partial charge is 0.369 e. The Balaban J connectivity index is 2.09. The fourth-order valence-corrected chi connectivity index (χ4v) is 3.19. The van der Waals surface area contributed by atoms with Gasteiger partial charge < -0.3 is 10.1 Å². The SMILES string of the molecule is CC(C)=Cc1cccc2c1CO[C@]1(C)CNC[C@H]21. The molecule has 1 fully saturated rings. The van der Waals surface area contributed by atoms with E-state index in [0.29, 0.717) is 5.92 Å². The van der Waals surface area contributed by atoms with E-state index in [1.54, 1.807) is 0 Å². The molecule has 2 aliphatic rings. The molecule has 1 N–H and O–H groups in total. The molecule has 96 valence electrons. The number of ether oxygens (including phenoxy) is 1. The van der Waals surface area contributed by atoms with Crippen molar-refractivity contribution in [2.24, 2.45) is 0 Å². The van der Waals surface area contributed by atoms with Gasteiger partial charge in [0.2, 0.25) is 0 Å². The minimum absolute atomic E-state index is 0.0173. The molecular weight excluding hydrogens is 222 g/mol. The van der Waals surface area contributed by atoms with Gasteiger partial charge in [-0.2, -0.15) is 0 Å². The van der Waals surface area contributed by atoms with E-state index in [1.807, 2.05) is 0 Å². The average Bonchev–Trinajstić information content (AvgIpc) is 2.70. The van der Waals surface area contributed by atoms with Gasteiger partial charge in [-0.1, -0.05) is 29.8 Å². The molecule has 0 aromatic heterocycles. The van der Waals surface area contributed by atoms with Gasteiger partial charge in [-0.05, 0) is 37.5 Å². The predicted molar refractivity (Wildman–Crippen MR) is 74.6 cm³/mol. The molecule has 2 heteroatoms. The van der Waals surface area contributed by atoms with E-state index >= 15 is 0 Å². The molecule has 0 bridgehead atoms. The van der Waals surface area contributed by atoms with Crippen LogP contribution in [0.2, 0.25) is 0 Å². The molecule has 3 rings (SSSR count). The predicted octanol–water partition coefficient (Wildman–Crippen LogP) is 3.09. The van der Waals surface area contributed by atoms with Crippen LogP contribution >= 0.6 is 0 Å². The highest BCUT2D eigenvalue weighted by atomic mass is 16.5. The molecule has 2 atom stereocenters. The molecule has 18 heavy (non-hydrogen) atoms. The second-order valence-corrected chi connectivity index (χ2v) is 5.92. The highest BCUT2D eigenvalue weighted by Gasteiger charge is 2.44. The Kier molecular flexibility index (Phi) is 2.80. The first-order chi connectivity index (χ1) is 8.60. The van der Waals surface area contributed by atoms with Gasteiger partial charge in [0.05, 0.1) is 12.2 Å². The fraction of sp³-hybridized carbons (Fsp3) is 0.500. The van der Waals surface area contributed by atoms with E-state index in [9.17, 15) is 0 Å². The first-order valence-corrected chi connectivity index (χ1v) is 6.71. The second-order valence-electron chi connectivity index (χ2n) is 5.92. The van der Waals surface area contributed by atoms with Crippen LogP contribution in [-0.4, -0.2) is 18.7 Å². The van der Waals surface area contributed by atoms with Gasteiger partial charge in [0, 0.05) is 19.0 Å². The maximum atomic E-state index is 6.15. The third kappa shape index (κ3) is 1.80. The molecule has 0 amide bonds. The normalized spacial score (nSPS) is 29.6. The number of fused-ring (bicyclic) bond motifs is 3. The summed E-state index contributed by atoms with van der Waals surface area (Å²) in [6.45, 7) is 9.25. The van der Waals surface area contributed by atoms with Crippen molar-refractivity contribution in [3.05, 3.63) is 40.5 Å². The van der Waals surface area contributed by atoms with Crippen molar-refractivity contribution in [3.63, 3.8) is 0 Å². The number of hydrogen-bond donors (Lipinski definition) is 1. The van der Waals surface area contributed by atoms with Crippen molar-refractivity contribution in [2.75, 3.05) is 13.1 Å². The first-order valence-electron chi connectivity index (χ1n) is 6.71. The highest BCUT2D eigenvalue weighted by molar-refractivity contribution is 5.59. The zero-order chi connectivity index (χ0) is 12.8. The van der Waals surface area contributed by atoms with Gasteiger partial charge >= 0.3 is 0 Å². The van der Waals surface area contributed by atoms with Crippen molar-refractivity contribution in [3.8, 4) is 0 Å². The van der Waals surface area contributed by atoms with Crippen molar-refractivity contribution in [2.45, 2.75) is 38.9 Å². The summed E-state index contributed by atoms with van der Waals surface area (Å²) in [6.07, 6.45) is 2.26. The summed E-state index contributed by atoms with van der Waals surface area (Å²) in [6, 6.07) is 6.65.